The molecule has 0 saturated heterocycles. The standard InChI is InChI=1S/C4H2F2IN/c5-3-4(6)8-2-1-7-3/h1-2H. The predicted molar refractivity (Wildman–Crippen MR) is 37.8 cm³/mol. The van der Waals surface area contributed by atoms with Crippen molar-refractivity contribution in [1.29, 1.82) is 0 Å². The quantitative estimate of drug-likeness (QED) is 0.562. The minimum Gasteiger partial charge on any atom is -0.225 e. The number of hydrogen-bond donors (Lipinski definition) is 0. The Morgan fingerprint density at radius 1 is 1.50 bits per heavy atom. The fraction of sp³-hybridized carbons (Fsp3) is 0. The molecule has 0 aromatic rings. The Hall–Kier alpha value is -0.130. The Balaban J connectivity index is 2.93. The van der Waals surface area contributed by atoms with Gasteiger partial charge in [0.05, 0.1) is 0 Å². The fourth-order valence-corrected chi connectivity index (χ4v) is 1.30. The molecule has 0 bridgehead atoms. The highest BCUT2D eigenvalue weighted by Crippen LogP contribution is 2.11. The van der Waals surface area contributed by atoms with Crippen molar-refractivity contribution in [2.45, 2.75) is 0 Å². The van der Waals surface area contributed by atoms with Crippen LogP contribution in [0.15, 0.2) is 15.3 Å². The highest BCUT2D eigenvalue weighted by Gasteiger charge is 2.04. The van der Waals surface area contributed by atoms with Crippen LogP contribution in [0, 0.1) is 0 Å². The number of halogens is 3. The zero-order chi connectivity index (χ0) is 5.98. The Kier molecular flexibility index (Phi) is 1.82. The summed E-state index contributed by atoms with van der Waals surface area (Å²) in [5, 5.41) is 0. The van der Waals surface area contributed by atoms with E-state index >= 15 is 0 Å². The average Bonchev–Trinajstić information content (AvgIpc) is 1.77. The predicted octanol–water partition coefficient (Wildman–Crippen LogP) is 1.91. The lowest BCUT2D eigenvalue weighted by molar-refractivity contribution is 0.774. The van der Waals surface area contributed by atoms with Crippen LogP contribution in [0.3, 0.4) is 0 Å². The van der Waals surface area contributed by atoms with Gasteiger partial charge in [-0.25, -0.2) is 4.99 Å². The number of hydrogen-bond acceptors (Lipinski definition) is 1. The van der Waals surface area contributed by atoms with E-state index in [-0.39, 0.29) is 0 Å². The van der Waals surface area contributed by atoms with Crippen molar-refractivity contribution >= 4 is 30.5 Å². The Morgan fingerprint density at radius 3 is 2.62 bits per heavy atom. The Labute approximate surface area is 54.9 Å². The first-order valence-electron chi connectivity index (χ1n) is 1.85. The van der Waals surface area contributed by atoms with Gasteiger partial charge >= 0.3 is 0 Å². The molecule has 0 unspecified atom stereocenters. The average molecular weight is 229 g/mol. The van der Waals surface area contributed by atoms with Crippen molar-refractivity contribution in [1.82, 2.24) is 0 Å². The monoisotopic (exact) mass is 229 g/mol. The summed E-state index contributed by atoms with van der Waals surface area (Å²) in [6.07, 6.45) is 1.30. The topological polar surface area (TPSA) is 12.4 Å². The SMILES string of the molecule is FC1=NC=CI=C1F. The summed E-state index contributed by atoms with van der Waals surface area (Å²) in [4.78, 5) is 3.10. The summed E-state index contributed by atoms with van der Waals surface area (Å²) in [6.45, 7) is 0. The Morgan fingerprint density at radius 2 is 2.25 bits per heavy atom. The van der Waals surface area contributed by atoms with Gasteiger partial charge in [-0.05, 0) is 24.8 Å². The second-order valence-corrected chi connectivity index (χ2v) is 3.35. The van der Waals surface area contributed by atoms with Crippen molar-refractivity contribution in [3.05, 3.63) is 10.3 Å². The van der Waals surface area contributed by atoms with E-state index in [0.29, 0.717) is 0 Å². The van der Waals surface area contributed by atoms with Crippen molar-refractivity contribution < 1.29 is 8.78 Å². The van der Waals surface area contributed by atoms with Crippen LogP contribution in [0.1, 0.15) is 0 Å². The smallest absolute Gasteiger partial charge is 0.225 e. The van der Waals surface area contributed by atoms with Gasteiger partial charge in [-0.1, -0.05) is 0 Å². The molecule has 1 aliphatic heterocycles. The first-order chi connectivity index (χ1) is 3.80. The third kappa shape index (κ3) is 1.18. The van der Waals surface area contributed by atoms with Crippen molar-refractivity contribution in [2.75, 3.05) is 0 Å². The van der Waals surface area contributed by atoms with Gasteiger partial charge in [0.15, 0.2) is 0 Å². The van der Waals surface area contributed by atoms with Gasteiger partial charge in [0.1, 0.15) is 0 Å². The van der Waals surface area contributed by atoms with Crippen LogP contribution in [0.2, 0.25) is 0 Å². The van der Waals surface area contributed by atoms with Crippen LogP contribution in [-0.2, 0) is 0 Å². The lowest BCUT2D eigenvalue weighted by atomic mass is 10.8. The molecular weight excluding hydrogens is 227 g/mol. The van der Waals surface area contributed by atoms with Gasteiger partial charge in [0.25, 0.3) is 5.97 Å². The van der Waals surface area contributed by atoms with Crippen LogP contribution in [0.4, 0.5) is 8.78 Å². The molecule has 0 fully saturated rings. The molecule has 4 heteroatoms. The first kappa shape index (κ1) is 6.00. The van der Waals surface area contributed by atoms with Gasteiger partial charge in [-0.2, -0.15) is 8.78 Å². The summed E-state index contributed by atoms with van der Waals surface area (Å²) in [6, 6.07) is 0. The third-order valence-electron chi connectivity index (χ3n) is 0.559. The molecule has 0 radical (unpaired) electrons. The molecule has 0 saturated carbocycles. The maximum Gasteiger partial charge on any atom is 0.254 e. The molecule has 1 aliphatic rings. The summed E-state index contributed by atoms with van der Waals surface area (Å²) < 4.78 is 24.8. The molecule has 44 valence electrons. The molecule has 1 nitrogen and oxygen atoms in total. The molecule has 1 heterocycles. The normalized spacial score (nSPS) is 18.8. The maximum absolute atomic E-state index is 12.0. The minimum absolute atomic E-state index is 0.675. The second-order valence-electron chi connectivity index (χ2n) is 1.06. The number of aliphatic imine (C=N–C) groups is 1. The Bertz CT molecular complexity index is 162. The maximum atomic E-state index is 12.0. The molecule has 8 heavy (non-hydrogen) atoms. The molecule has 0 aliphatic carbocycles. The zero-order valence-corrected chi connectivity index (χ0v) is 5.89. The van der Waals surface area contributed by atoms with E-state index in [0.717, 1.165) is 0 Å². The molecule has 0 amide bonds. The van der Waals surface area contributed by atoms with Crippen LogP contribution >= 0.6 is 20.7 Å². The fourth-order valence-electron chi connectivity index (χ4n) is 0.271. The van der Waals surface area contributed by atoms with Gasteiger partial charge in [-0.3, -0.25) is 0 Å². The lowest BCUT2D eigenvalue weighted by Gasteiger charge is -1.89. The molecule has 0 aromatic heterocycles. The van der Waals surface area contributed by atoms with E-state index in [1.807, 2.05) is 0 Å². The molecule has 0 N–H and O–H groups in total. The van der Waals surface area contributed by atoms with E-state index in [2.05, 4.69) is 4.99 Å². The van der Waals surface area contributed by atoms with Gasteiger partial charge in [-0.15, -0.1) is 0 Å². The van der Waals surface area contributed by atoms with E-state index in [9.17, 15) is 8.78 Å². The van der Waals surface area contributed by atoms with Crippen LogP contribution in [0.5, 0.6) is 0 Å². The largest absolute Gasteiger partial charge is 0.254 e. The van der Waals surface area contributed by atoms with Crippen molar-refractivity contribution in [3.63, 3.8) is 0 Å². The summed E-state index contributed by atoms with van der Waals surface area (Å²) >= 11 is -0.825. The lowest BCUT2D eigenvalue weighted by Crippen LogP contribution is -1.98. The van der Waals surface area contributed by atoms with E-state index in [1.54, 1.807) is 4.08 Å². The van der Waals surface area contributed by atoms with E-state index < -0.39 is 30.5 Å². The first-order valence-corrected chi connectivity index (χ1v) is 4.17. The molecule has 0 aromatic carbocycles. The number of nitrogens with zero attached hydrogens (tertiary/aromatic N) is 1. The highest BCUT2D eigenvalue weighted by molar-refractivity contribution is 14.2. The van der Waals surface area contributed by atoms with Crippen molar-refractivity contribution in [3.8, 4) is 0 Å². The molecule has 1 rings (SSSR count). The van der Waals surface area contributed by atoms with Crippen LogP contribution in [-0.4, -0.2) is 9.73 Å². The van der Waals surface area contributed by atoms with E-state index in [1.165, 1.54) is 6.20 Å². The third-order valence-corrected chi connectivity index (χ3v) is 2.23. The minimum atomic E-state index is -0.944. The molecule has 0 atom stereocenters. The number of rotatable bonds is 0. The summed E-state index contributed by atoms with van der Waals surface area (Å²) in [7, 11) is 0. The highest BCUT2D eigenvalue weighted by atomic mass is 127. The second kappa shape index (κ2) is 2.43. The van der Waals surface area contributed by atoms with E-state index in [4.69, 9.17) is 0 Å². The van der Waals surface area contributed by atoms with Gasteiger partial charge in [0.2, 0.25) is 3.76 Å². The summed E-state index contributed by atoms with van der Waals surface area (Å²) in [5.41, 5.74) is 0. The van der Waals surface area contributed by atoms with Crippen LogP contribution < -0.4 is 0 Å². The van der Waals surface area contributed by atoms with Crippen LogP contribution in [0.25, 0.3) is 0 Å². The van der Waals surface area contributed by atoms with Crippen molar-refractivity contribution in [2.24, 2.45) is 4.99 Å². The van der Waals surface area contributed by atoms with Gasteiger partial charge in [0, 0.05) is 6.20 Å². The molecule has 0 spiro atoms. The van der Waals surface area contributed by atoms with Gasteiger partial charge < -0.3 is 0 Å². The summed E-state index contributed by atoms with van der Waals surface area (Å²) in [5.74, 6) is -0.944. The molecular formula is C4H2F2IN. The zero-order valence-electron chi connectivity index (χ0n) is 3.74.